The normalized spacial score (nSPS) is 13.3. The standard InChI is InChI=1S/C14H20BrN3S/c1-9(2)5-4-6-10(3)18-13-12(17-14(18)19)7-11(15)8-16-13/h7-10H,4-6H2,1-3H3,(H,17,19). The zero-order valence-corrected chi connectivity index (χ0v) is 14.0. The Morgan fingerprint density at radius 3 is 2.79 bits per heavy atom. The first-order valence-corrected chi connectivity index (χ1v) is 7.95. The molecule has 0 saturated heterocycles. The Kier molecular flexibility index (Phi) is 4.79. The number of pyridine rings is 1. The minimum atomic E-state index is 0.383. The summed E-state index contributed by atoms with van der Waals surface area (Å²) in [6.07, 6.45) is 5.45. The highest BCUT2D eigenvalue weighted by molar-refractivity contribution is 9.10. The second-order valence-electron chi connectivity index (χ2n) is 5.50. The van der Waals surface area contributed by atoms with Crippen LogP contribution in [0.3, 0.4) is 0 Å². The number of aromatic nitrogens is 3. The Labute approximate surface area is 127 Å². The van der Waals surface area contributed by atoms with Gasteiger partial charge in [0.2, 0.25) is 0 Å². The molecule has 0 aliphatic heterocycles. The lowest BCUT2D eigenvalue weighted by Crippen LogP contribution is -2.06. The summed E-state index contributed by atoms with van der Waals surface area (Å²) in [5.74, 6) is 0.761. The van der Waals surface area contributed by atoms with Crippen molar-refractivity contribution in [1.29, 1.82) is 0 Å². The molecule has 2 rings (SSSR count). The molecule has 1 atom stereocenters. The van der Waals surface area contributed by atoms with Crippen LogP contribution in [0.1, 0.15) is 46.1 Å². The van der Waals surface area contributed by atoms with Gasteiger partial charge in [-0.1, -0.05) is 26.7 Å². The third-order valence-corrected chi connectivity index (χ3v) is 4.10. The maximum Gasteiger partial charge on any atom is 0.179 e. The van der Waals surface area contributed by atoms with Crippen LogP contribution in [0.15, 0.2) is 16.7 Å². The minimum Gasteiger partial charge on any atom is -0.329 e. The fourth-order valence-corrected chi connectivity index (χ4v) is 3.05. The van der Waals surface area contributed by atoms with E-state index in [-0.39, 0.29) is 0 Å². The third kappa shape index (κ3) is 3.45. The lowest BCUT2D eigenvalue weighted by atomic mass is 10.0. The lowest BCUT2D eigenvalue weighted by Gasteiger charge is -2.14. The predicted octanol–water partition coefficient (Wildman–Crippen LogP) is 5.24. The molecule has 104 valence electrons. The van der Waals surface area contributed by atoms with Crippen molar-refractivity contribution in [3.8, 4) is 0 Å². The van der Waals surface area contributed by atoms with Gasteiger partial charge in [0.05, 0.1) is 5.52 Å². The van der Waals surface area contributed by atoms with Crippen molar-refractivity contribution in [3.63, 3.8) is 0 Å². The summed E-state index contributed by atoms with van der Waals surface area (Å²) in [6, 6.07) is 2.41. The van der Waals surface area contributed by atoms with Gasteiger partial charge in [0, 0.05) is 16.7 Å². The Morgan fingerprint density at radius 2 is 2.11 bits per heavy atom. The molecule has 0 bridgehead atoms. The predicted molar refractivity (Wildman–Crippen MR) is 86.0 cm³/mol. The Hall–Kier alpha value is -0.680. The van der Waals surface area contributed by atoms with Gasteiger partial charge in [0.25, 0.3) is 0 Å². The summed E-state index contributed by atoms with van der Waals surface area (Å²) in [7, 11) is 0. The van der Waals surface area contributed by atoms with Crippen LogP contribution in [0.25, 0.3) is 11.2 Å². The van der Waals surface area contributed by atoms with Gasteiger partial charge >= 0.3 is 0 Å². The summed E-state index contributed by atoms with van der Waals surface area (Å²) in [4.78, 5) is 7.72. The van der Waals surface area contributed by atoms with E-state index < -0.39 is 0 Å². The lowest BCUT2D eigenvalue weighted by molar-refractivity contribution is 0.450. The molecular weight excluding hydrogens is 322 g/mol. The number of nitrogens with zero attached hydrogens (tertiary/aromatic N) is 2. The first-order chi connectivity index (χ1) is 8.99. The summed E-state index contributed by atoms with van der Waals surface area (Å²) >= 11 is 8.86. The van der Waals surface area contributed by atoms with Crippen molar-refractivity contribution in [2.24, 2.45) is 5.92 Å². The van der Waals surface area contributed by atoms with Crippen LogP contribution in [0.2, 0.25) is 0 Å². The molecule has 0 aromatic carbocycles. The van der Waals surface area contributed by atoms with Crippen molar-refractivity contribution in [1.82, 2.24) is 14.5 Å². The molecule has 19 heavy (non-hydrogen) atoms. The highest BCUT2D eigenvalue weighted by Crippen LogP contribution is 2.23. The van der Waals surface area contributed by atoms with E-state index in [4.69, 9.17) is 12.2 Å². The number of hydrogen-bond acceptors (Lipinski definition) is 2. The van der Waals surface area contributed by atoms with Gasteiger partial charge in [-0.15, -0.1) is 0 Å². The van der Waals surface area contributed by atoms with E-state index in [0.29, 0.717) is 6.04 Å². The molecule has 0 radical (unpaired) electrons. The largest absolute Gasteiger partial charge is 0.329 e. The molecule has 0 saturated carbocycles. The smallest absolute Gasteiger partial charge is 0.179 e. The first-order valence-electron chi connectivity index (χ1n) is 6.74. The topological polar surface area (TPSA) is 33.6 Å². The van der Waals surface area contributed by atoms with Gasteiger partial charge in [-0.3, -0.25) is 4.57 Å². The summed E-state index contributed by atoms with van der Waals surface area (Å²) in [5, 5.41) is 0. The van der Waals surface area contributed by atoms with E-state index in [2.05, 4.69) is 51.2 Å². The number of hydrogen-bond donors (Lipinski definition) is 1. The summed E-state index contributed by atoms with van der Waals surface area (Å²) in [5.41, 5.74) is 1.94. The molecule has 1 N–H and O–H groups in total. The van der Waals surface area contributed by atoms with E-state index in [1.165, 1.54) is 12.8 Å². The SMILES string of the molecule is CC(C)CCCC(C)n1c(=S)[nH]c2cc(Br)cnc21. The zero-order valence-electron chi connectivity index (χ0n) is 11.6. The molecule has 0 aliphatic rings. The van der Waals surface area contributed by atoms with Gasteiger partial charge in [0.1, 0.15) is 0 Å². The summed E-state index contributed by atoms with van der Waals surface area (Å²) < 4.78 is 3.87. The van der Waals surface area contributed by atoms with Gasteiger partial charge in [-0.2, -0.15) is 0 Å². The van der Waals surface area contributed by atoms with Crippen LogP contribution >= 0.6 is 28.1 Å². The first kappa shape index (κ1) is 14.7. The number of fused-ring (bicyclic) bond motifs is 1. The molecule has 0 fully saturated rings. The number of halogens is 1. The number of rotatable bonds is 5. The molecule has 5 heteroatoms. The third-order valence-electron chi connectivity index (χ3n) is 3.37. The van der Waals surface area contributed by atoms with Crippen LogP contribution in [0.5, 0.6) is 0 Å². The molecule has 0 spiro atoms. The van der Waals surface area contributed by atoms with Crippen LogP contribution < -0.4 is 0 Å². The van der Waals surface area contributed by atoms with E-state index in [1.807, 2.05) is 12.3 Å². The Balaban J connectivity index is 2.24. The van der Waals surface area contributed by atoms with Gasteiger partial charge in [-0.25, -0.2) is 4.98 Å². The number of H-pyrrole nitrogens is 1. The zero-order chi connectivity index (χ0) is 14.0. The average Bonchev–Trinajstić information content (AvgIpc) is 2.63. The van der Waals surface area contributed by atoms with E-state index >= 15 is 0 Å². The summed E-state index contributed by atoms with van der Waals surface area (Å²) in [6.45, 7) is 6.75. The maximum atomic E-state index is 5.43. The second kappa shape index (κ2) is 6.18. The van der Waals surface area contributed by atoms with Crippen LogP contribution in [0, 0.1) is 10.7 Å². The molecule has 2 aromatic rings. The highest BCUT2D eigenvalue weighted by Gasteiger charge is 2.12. The van der Waals surface area contributed by atoms with Crippen LogP contribution in [-0.4, -0.2) is 14.5 Å². The molecule has 2 heterocycles. The minimum absolute atomic E-state index is 0.383. The highest BCUT2D eigenvalue weighted by atomic mass is 79.9. The number of aromatic amines is 1. The van der Waals surface area contributed by atoms with Crippen LogP contribution in [-0.2, 0) is 0 Å². The Morgan fingerprint density at radius 1 is 1.37 bits per heavy atom. The molecule has 1 unspecified atom stereocenters. The molecule has 0 amide bonds. The van der Waals surface area contributed by atoms with Crippen molar-refractivity contribution in [2.45, 2.75) is 46.1 Å². The van der Waals surface area contributed by atoms with E-state index in [0.717, 1.165) is 32.7 Å². The molecule has 2 aromatic heterocycles. The van der Waals surface area contributed by atoms with Crippen LogP contribution in [0.4, 0.5) is 0 Å². The fraction of sp³-hybridized carbons (Fsp3) is 0.571. The van der Waals surface area contributed by atoms with E-state index in [1.54, 1.807) is 0 Å². The molecule has 3 nitrogen and oxygen atoms in total. The fourth-order valence-electron chi connectivity index (χ4n) is 2.35. The molecular formula is C14H20BrN3S. The van der Waals surface area contributed by atoms with Crippen molar-refractivity contribution >= 4 is 39.3 Å². The second-order valence-corrected chi connectivity index (χ2v) is 6.80. The number of imidazole rings is 1. The monoisotopic (exact) mass is 341 g/mol. The number of nitrogens with one attached hydrogen (secondary N) is 1. The average molecular weight is 342 g/mol. The maximum absolute atomic E-state index is 5.43. The van der Waals surface area contributed by atoms with E-state index in [9.17, 15) is 0 Å². The van der Waals surface area contributed by atoms with Crippen molar-refractivity contribution in [2.75, 3.05) is 0 Å². The Bertz CT molecular complexity index is 615. The van der Waals surface area contributed by atoms with Gasteiger partial charge in [0.15, 0.2) is 10.4 Å². The van der Waals surface area contributed by atoms with Crippen molar-refractivity contribution < 1.29 is 0 Å². The quantitative estimate of drug-likeness (QED) is 0.754. The van der Waals surface area contributed by atoms with Gasteiger partial charge in [-0.05, 0) is 53.5 Å². The van der Waals surface area contributed by atoms with Crippen molar-refractivity contribution in [3.05, 3.63) is 21.5 Å². The molecule has 0 aliphatic carbocycles. The van der Waals surface area contributed by atoms with Gasteiger partial charge < -0.3 is 4.98 Å².